The van der Waals surface area contributed by atoms with Gasteiger partial charge in [-0.25, -0.2) is 0 Å². The number of fused-ring (bicyclic) bond motifs is 1. The van der Waals surface area contributed by atoms with Gasteiger partial charge in [-0.05, 0) is 24.7 Å². The summed E-state index contributed by atoms with van der Waals surface area (Å²) in [5, 5.41) is 0. The van der Waals surface area contributed by atoms with Gasteiger partial charge in [0.25, 0.3) is 0 Å². The average molecular weight is 254 g/mol. The summed E-state index contributed by atoms with van der Waals surface area (Å²) in [4.78, 5) is 23.0. The molecule has 0 amide bonds. The predicted octanol–water partition coefficient (Wildman–Crippen LogP) is 2.31. The van der Waals surface area contributed by atoms with Crippen molar-refractivity contribution in [2.75, 3.05) is 7.11 Å². The van der Waals surface area contributed by atoms with Crippen LogP contribution in [0.4, 0.5) is 0 Å². The van der Waals surface area contributed by atoms with E-state index < -0.39 is 0 Å². The molecule has 2 aliphatic rings. The van der Waals surface area contributed by atoms with Gasteiger partial charge in [-0.15, -0.1) is 0 Å². The zero-order valence-corrected chi connectivity index (χ0v) is 11.2. The van der Waals surface area contributed by atoms with Crippen LogP contribution in [0.5, 0.6) is 0 Å². The van der Waals surface area contributed by atoms with Crippen LogP contribution in [-0.4, -0.2) is 25.2 Å². The molecule has 2 fully saturated rings. The third-order valence-electron chi connectivity index (χ3n) is 4.43. The molecule has 4 nitrogen and oxygen atoms in total. The summed E-state index contributed by atoms with van der Waals surface area (Å²) in [6.07, 6.45) is 6.28. The zero-order chi connectivity index (χ0) is 13.1. The molecule has 0 unspecified atom stereocenters. The van der Waals surface area contributed by atoms with Crippen molar-refractivity contribution in [3.05, 3.63) is 0 Å². The second kappa shape index (κ2) is 5.72. The molecular formula is C14H22O4. The molecule has 2 rings (SSSR count). The van der Waals surface area contributed by atoms with E-state index in [-0.39, 0.29) is 24.0 Å². The Balaban J connectivity index is 2.08. The van der Waals surface area contributed by atoms with Gasteiger partial charge in [0.05, 0.1) is 13.0 Å². The summed E-state index contributed by atoms with van der Waals surface area (Å²) in [5.74, 6) is 0.422. The Labute approximate surface area is 108 Å². The van der Waals surface area contributed by atoms with Crippen LogP contribution < -0.4 is 0 Å². The lowest BCUT2D eigenvalue weighted by molar-refractivity contribution is -0.165. The molecule has 0 spiro atoms. The van der Waals surface area contributed by atoms with Crippen LogP contribution in [0.25, 0.3) is 0 Å². The van der Waals surface area contributed by atoms with Crippen molar-refractivity contribution >= 4 is 11.9 Å². The van der Waals surface area contributed by atoms with Gasteiger partial charge < -0.3 is 9.47 Å². The number of hydrogen-bond acceptors (Lipinski definition) is 4. The Morgan fingerprint density at radius 3 is 2.22 bits per heavy atom. The van der Waals surface area contributed by atoms with Gasteiger partial charge in [0.15, 0.2) is 0 Å². The molecule has 2 saturated carbocycles. The molecule has 4 heteroatoms. The fraction of sp³-hybridized carbons (Fsp3) is 0.857. The average Bonchev–Trinajstić information content (AvgIpc) is 2.36. The summed E-state index contributed by atoms with van der Waals surface area (Å²) in [6, 6.07) is 0. The highest BCUT2D eigenvalue weighted by molar-refractivity contribution is 5.74. The van der Waals surface area contributed by atoms with E-state index in [1.807, 2.05) is 0 Å². The van der Waals surface area contributed by atoms with Crippen molar-refractivity contribution in [3.63, 3.8) is 0 Å². The number of carbonyl (C=O) groups is 2. The Morgan fingerprint density at radius 1 is 1.06 bits per heavy atom. The molecule has 0 aromatic carbocycles. The molecule has 0 saturated heterocycles. The van der Waals surface area contributed by atoms with E-state index in [2.05, 4.69) is 0 Å². The van der Waals surface area contributed by atoms with Crippen LogP contribution in [0.2, 0.25) is 0 Å². The molecular weight excluding hydrogens is 232 g/mol. The topological polar surface area (TPSA) is 52.6 Å². The first-order chi connectivity index (χ1) is 8.61. The van der Waals surface area contributed by atoms with E-state index in [4.69, 9.17) is 9.47 Å². The Hall–Kier alpha value is -1.06. The van der Waals surface area contributed by atoms with Gasteiger partial charge in [0, 0.05) is 6.92 Å². The molecule has 0 heterocycles. The minimum absolute atomic E-state index is 0.231. The van der Waals surface area contributed by atoms with Crippen molar-refractivity contribution in [3.8, 4) is 0 Å². The summed E-state index contributed by atoms with van der Waals surface area (Å²) in [5.41, 5.74) is 0. The molecule has 0 aromatic heterocycles. The first kappa shape index (κ1) is 13.4. The lowest BCUT2D eigenvalue weighted by Gasteiger charge is -2.42. The van der Waals surface area contributed by atoms with Crippen LogP contribution in [-0.2, 0) is 19.1 Å². The molecule has 102 valence electrons. The molecule has 18 heavy (non-hydrogen) atoms. The quantitative estimate of drug-likeness (QED) is 0.710. The molecule has 0 N–H and O–H groups in total. The van der Waals surface area contributed by atoms with Crippen molar-refractivity contribution in [2.45, 2.75) is 51.6 Å². The summed E-state index contributed by atoms with van der Waals surface area (Å²) < 4.78 is 10.2. The Bertz CT molecular complexity index is 326. The minimum atomic E-state index is -0.303. The van der Waals surface area contributed by atoms with Crippen LogP contribution in [0.1, 0.15) is 45.4 Å². The van der Waals surface area contributed by atoms with Gasteiger partial charge in [-0.1, -0.05) is 25.7 Å². The molecule has 2 aliphatic carbocycles. The van der Waals surface area contributed by atoms with E-state index in [9.17, 15) is 9.59 Å². The third-order valence-corrected chi connectivity index (χ3v) is 4.43. The number of methoxy groups -OCH3 is 1. The smallest absolute Gasteiger partial charge is 0.312 e. The maximum atomic E-state index is 11.8. The van der Waals surface area contributed by atoms with Gasteiger partial charge in [-0.3, -0.25) is 9.59 Å². The van der Waals surface area contributed by atoms with E-state index >= 15 is 0 Å². The minimum Gasteiger partial charge on any atom is -0.469 e. The fourth-order valence-corrected chi connectivity index (χ4v) is 3.59. The highest BCUT2D eigenvalue weighted by Crippen LogP contribution is 2.44. The lowest BCUT2D eigenvalue weighted by atomic mass is 9.66. The number of rotatable bonds is 2. The van der Waals surface area contributed by atoms with E-state index in [0.717, 1.165) is 12.8 Å². The molecule has 0 aliphatic heterocycles. The second-order valence-electron chi connectivity index (χ2n) is 5.55. The number of carbonyl (C=O) groups excluding carboxylic acids is 2. The van der Waals surface area contributed by atoms with Crippen LogP contribution in [0.15, 0.2) is 0 Å². The third kappa shape index (κ3) is 2.85. The normalized spacial score (nSPS) is 35.4. The maximum Gasteiger partial charge on any atom is 0.312 e. The van der Waals surface area contributed by atoms with Crippen LogP contribution in [0, 0.1) is 17.8 Å². The van der Waals surface area contributed by atoms with Crippen molar-refractivity contribution < 1.29 is 19.1 Å². The first-order valence-electron chi connectivity index (χ1n) is 6.87. The summed E-state index contributed by atoms with van der Waals surface area (Å²) in [6.45, 7) is 1.40. The fourth-order valence-electron chi connectivity index (χ4n) is 3.59. The summed E-state index contributed by atoms with van der Waals surface area (Å²) >= 11 is 0. The number of ether oxygens (including phenoxy) is 2. The summed E-state index contributed by atoms with van der Waals surface area (Å²) in [7, 11) is 1.40. The lowest BCUT2D eigenvalue weighted by Crippen LogP contribution is -2.43. The molecule has 4 atom stereocenters. The first-order valence-corrected chi connectivity index (χ1v) is 6.87. The van der Waals surface area contributed by atoms with E-state index in [1.54, 1.807) is 0 Å². The maximum absolute atomic E-state index is 11.8. The predicted molar refractivity (Wildman–Crippen MR) is 65.7 cm³/mol. The van der Waals surface area contributed by atoms with Crippen molar-refractivity contribution in [1.82, 2.24) is 0 Å². The SMILES string of the molecule is COC(=O)[C@H]1C[C@H]2CCCC[C@@H]2C[C@H]1OC(C)=O. The van der Waals surface area contributed by atoms with Crippen molar-refractivity contribution in [1.29, 1.82) is 0 Å². The second-order valence-corrected chi connectivity index (χ2v) is 5.55. The Morgan fingerprint density at radius 2 is 1.67 bits per heavy atom. The zero-order valence-electron chi connectivity index (χ0n) is 11.2. The van der Waals surface area contributed by atoms with Gasteiger partial charge >= 0.3 is 11.9 Å². The van der Waals surface area contributed by atoms with Crippen LogP contribution >= 0.6 is 0 Å². The standard InChI is InChI=1S/C14H22O4/c1-9(15)18-13-8-11-6-4-3-5-10(11)7-12(13)14(16)17-2/h10-13H,3-8H2,1-2H3/t10-,11-,12+,13-/m1/s1. The van der Waals surface area contributed by atoms with Gasteiger partial charge in [0.2, 0.25) is 0 Å². The van der Waals surface area contributed by atoms with E-state index in [0.29, 0.717) is 11.8 Å². The largest absolute Gasteiger partial charge is 0.469 e. The molecule has 0 radical (unpaired) electrons. The van der Waals surface area contributed by atoms with E-state index in [1.165, 1.54) is 39.7 Å². The Kier molecular flexibility index (Phi) is 4.25. The van der Waals surface area contributed by atoms with Crippen molar-refractivity contribution in [2.24, 2.45) is 17.8 Å². The highest BCUT2D eigenvalue weighted by atomic mass is 16.6. The number of hydrogen-bond donors (Lipinski definition) is 0. The van der Waals surface area contributed by atoms with Gasteiger partial charge in [0.1, 0.15) is 6.10 Å². The molecule has 0 aromatic rings. The monoisotopic (exact) mass is 254 g/mol. The molecule has 0 bridgehead atoms. The van der Waals surface area contributed by atoms with Gasteiger partial charge in [-0.2, -0.15) is 0 Å². The van der Waals surface area contributed by atoms with Crippen LogP contribution in [0.3, 0.4) is 0 Å². The highest BCUT2D eigenvalue weighted by Gasteiger charge is 2.43. The number of esters is 2.